The van der Waals surface area contributed by atoms with Gasteiger partial charge in [0.25, 0.3) is 0 Å². The number of hydrogen-bond acceptors (Lipinski definition) is 4. The number of rotatable bonds is 1. The Morgan fingerprint density at radius 2 is 1.64 bits per heavy atom. The number of carbonyl (C=O) groups excluding carboxylic acids is 1. The molecule has 5 nitrogen and oxygen atoms in total. The SMILES string of the molecule is O=C(C#C[I+]c1ccccc1)N1CCCCC1.O=S(=O)([O-])C(F)(F)F. The van der Waals surface area contributed by atoms with Gasteiger partial charge in [-0.05, 0) is 31.4 Å². The van der Waals surface area contributed by atoms with E-state index in [1.54, 1.807) is 0 Å². The standard InChI is InChI=1S/C14H15INO.CHF3O3S/c17-14(16-11-5-2-6-12-16)9-10-15-13-7-3-1-4-8-13;2-1(3,4)8(5,6)7/h1,3-4,7-8H,2,5-6,11-12H2;(H,5,6,7)/q+1;/p-1. The lowest BCUT2D eigenvalue weighted by atomic mass is 10.1. The molecule has 0 N–H and O–H groups in total. The van der Waals surface area contributed by atoms with E-state index in [1.165, 1.54) is 9.99 Å². The molecule has 1 aliphatic rings. The third-order valence-corrected chi connectivity index (χ3v) is 5.42. The van der Waals surface area contributed by atoms with Crippen molar-refractivity contribution in [2.45, 2.75) is 24.8 Å². The molecule has 0 saturated carbocycles. The average molecular weight is 489 g/mol. The number of alkyl halides is 3. The van der Waals surface area contributed by atoms with E-state index in [4.69, 9.17) is 13.0 Å². The Bertz CT molecular complexity index is 721. The molecule has 0 atom stereocenters. The van der Waals surface area contributed by atoms with Crippen LogP contribution in [0.15, 0.2) is 30.3 Å². The Hall–Kier alpha value is -1.32. The summed E-state index contributed by atoms with van der Waals surface area (Å²) in [5.41, 5.74) is -5.65. The van der Waals surface area contributed by atoms with E-state index >= 15 is 0 Å². The first-order valence-corrected chi connectivity index (χ1v) is 10.7. The summed E-state index contributed by atoms with van der Waals surface area (Å²) in [6, 6.07) is 10.2. The molecule has 10 heteroatoms. The lowest BCUT2D eigenvalue weighted by Gasteiger charge is -2.23. The van der Waals surface area contributed by atoms with Crippen molar-refractivity contribution in [1.82, 2.24) is 4.90 Å². The molecule has 0 bridgehead atoms. The summed E-state index contributed by atoms with van der Waals surface area (Å²) in [5, 5.41) is 0. The van der Waals surface area contributed by atoms with Crippen LogP contribution < -0.4 is 21.2 Å². The Morgan fingerprint density at radius 3 is 2.12 bits per heavy atom. The van der Waals surface area contributed by atoms with E-state index in [2.05, 4.69) is 22.0 Å². The van der Waals surface area contributed by atoms with Crippen LogP contribution in [0.5, 0.6) is 0 Å². The van der Waals surface area contributed by atoms with Crippen LogP contribution in [0.1, 0.15) is 19.3 Å². The molecule has 1 aromatic carbocycles. The normalized spacial score (nSPS) is 14.6. The van der Waals surface area contributed by atoms with Crippen molar-refractivity contribution in [3.05, 3.63) is 33.9 Å². The zero-order valence-corrected chi connectivity index (χ0v) is 15.9. The molecule has 0 unspecified atom stereocenters. The molecule has 1 saturated heterocycles. The predicted molar refractivity (Wildman–Crippen MR) is 79.1 cm³/mol. The van der Waals surface area contributed by atoms with Crippen LogP contribution in [0.3, 0.4) is 0 Å². The summed E-state index contributed by atoms with van der Waals surface area (Å²) >= 11 is -0.338. The van der Waals surface area contributed by atoms with Crippen LogP contribution in [-0.2, 0) is 14.9 Å². The molecular formula is C15H15F3INO4S. The van der Waals surface area contributed by atoms with Crippen LogP contribution in [0.2, 0.25) is 0 Å². The molecule has 0 aromatic heterocycles. The van der Waals surface area contributed by atoms with Gasteiger partial charge in [0.15, 0.2) is 14.0 Å². The second-order valence-corrected chi connectivity index (χ2v) is 8.56. The van der Waals surface area contributed by atoms with Crippen LogP contribution in [0.25, 0.3) is 0 Å². The van der Waals surface area contributed by atoms with E-state index in [-0.39, 0.29) is 27.1 Å². The monoisotopic (exact) mass is 489 g/mol. The van der Waals surface area contributed by atoms with Crippen molar-refractivity contribution >= 4 is 16.0 Å². The van der Waals surface area contributed by atoms with Crippen LogP contribution >= 0.6 is 0 Å². The van der Waals surface area contributed by atoms with E-state index in [9.17, 15) is 18.0 Å². The van der Waals surface area contributed by atoms with Gasteiger partial charge in [0.2, 0.25) is 3.57 Å². The number of benzene rings is 1. The van der Waals surface area contributed by atoms with Gasteiger partial charge in [-0.2, -0.15) is 13.2 Å². The summed E-state index contributed by atoms with van der Waals surface area (Å²) in [7, 11) is -6.09. The number of amides is 1. The molecule has 0 radical (unpaired) electrons. The van der Waals surface area contributed by atoms with Crippen molar-refractivity contribution in [3.63, 3.8) is 0 Å². The smallest absolute Gasteiger partial charge is 0.485 e. The van der Waals surface area contributed by atoms with Gasteiger partial charge >= 0.3 is 32.6 Å². The fourth-order valence-electron chi connectivity index (χ4n) is 1.77. The maximum atomic E-state index is 11.8. The molecule has 1 amide bonds. The Morgan fingerprint density at radius 1 is 1.12 bits per heavy atom. The van der Waals surface area contributed by atoms with Gasteiger partial charge in [0.05, 0.1) is 5.92 Å². The highest BCUT2D eigenvalue weighted by Crippen LogP contribution is 2.20. The lowest BCUT2D eigenvalue weighted by Crippen LogP contribution is -3.59. The van der Waals surface area contributed by atoms with Gasteiger partial charge in [-0.1, -0.05) is 18.2 Å². The summed E-state index contributed by atoms with van der Waals surface area (Å²) in [6.45, 7) is 1.77. The largest absolute Gasteiger partial charge is 0.741 e. The first-order valence-electron chi connectivity index (χ1n) is 7.12. The fraction of sp³-hybridized carbons (Fsp3) is 0.400. The topological polar surface area (TPSA) is 77.5 Å². The van der Waals surface area contributed by atoms with Crippen LogP contribution in [-0.4, -0.2) is 42.4 Å². The molecule has 138 valence electrons. The van der Waals surface area contributed by atoms with Crippen molar-refractivity contribution in [1.29, 1.82) is 0 Å². The maximum Gasteiger partial charge on any atom is 0.485 e. The van der Waals surface area contributed by atoms with Crippen LogP contribution in [0.4, 0.5) is 13.2 Å². The molecule has 0 spiro atoms. The third-order valence-electron chi connectivity index (χ3n) is 2.97. The van der Waals surface area contributed by atoms with Gasteiger partial charge in [0.1, 0.15) is 0 Å². The second-order valence-electron chi connectivity index (χ2n) is 4.86. The minimum Gasteiger partial charge on any atom is -0.741 e. The highest BCUT2D eigenvalue weighted by Gasteiger charge is 2.36. The Balaban J connectivity index is 0.000000333. The first-order chi connectivity index (χ1) is 11.6. The van der Waals surface area contributed by atoms with E-state index < -0.39 is 15.6 Å². The van der Waals surface area contributed by atoms with E-state index in [0.717, 1.165) is 25.9 Å². The Labute approximate surface area is 154 Å². The summed E-state index contributed by atoms with van der Waals surface area (Å²) in [4.78, 5) is 13.6. The molecule has 1 aliphatic heterocycles. The molecule has 1 aromatic rings. The van der Waals surface area contributed by atoms with Crippen molar-refractivity contribution in [3.8, 4) is 9.85 Å². The van der Waals surface area contributed by atoms with Gasteiger partial charge < -0.3 is 9.45 Å². The van der Waals surface area contributed by atoms with Gasteiger partial charge in [-0.15, -0.1) is 0 Å². The lowest BCUT2D eigenvalue weighted by molar-refractivity contribution is -0.535. The summed E-state index contributed by atoms with van der Waals surface area (Å²) in [5.74, 6) is 2.80. The molecular weight excluding hydrogens is 474 g/mol. The van der Waals surface area contributed by atoms with Gasteiger partial charge in [0, 0.05) is 13.1 Å². The highest BCUT2D eigenvalue weighted by atomic mass is 127. The van der Waals surface area contributed by atoms with Crippen molar-refractivity contribution in [2.75, 3.05) is 13.1 Å². The number of likely N-dealkylation sites (tertiary alicyclic amines) is 1. The van der Waals surface area contributed by atoms with Gasteiger partial charge in [-0.3, -0.25) is 4.79 Å². The molecule has 1 fully saturated rings. The molecule has 1 heterocycles. The second kappa shape index (κ2) is 9.98. The first kappa shape index (κ1) is 21.7. The number of hydrogen-bond donors (Lipinski definition) is 0. The zero-order valence-electron chi connectivity index (χ0n) is 12.9. The average Bonchev–Trinajstić information content (AvgIpc) is 2.55. The zero-order chi connectivity index (χ0) is 18.9. The number of carbonyl (C=O) groups is 1. The van der Waals surface area contributed by atoms with E-state index in [1.807, 2.05) is 23.1 Å². The molecule has 25 heavy (non-hydrogen) atoms. The summed E-state index contributed by atoms with van der Waals surface area (Å²) < 4.78 is 63.2. The number of halogens is 4. The fourth-order valence-corrected chi connectivity index (χ4v) is 3.22. The minimum atomic E-state index is -6.09. The minimum absolute atomic E-state index is 0.0142. The van der Waals surface area contributed by atoms with Crippen LogP contribution in [0, 0.1) is 13.4 Å². The van der Waals surface area contributed by atoms with E-state index in [0.29, 0.717) is 0 Å². The number of piperidine rings is 1. The van der Waals surface area contributed by atoms with Crippen molar-refractivity contribution in [2.24, 2.45) is 0 Å². The maximum absolute atomic E-state index is 11.8. The predicted octanol–water partition coefficient (Wildman–Crippen LogP) is -1.03. The van der Waals surface area contributed by atoms with Gasteiger partial charge in [-0.25, -0.2) is 8.42 Å². The number of nitrogens with zero attached hydrogens (tertiary/aromatic N) is 1. The Kier molecular flexibility index (Phi) is 8.67. The summed E-state index contributed by atoms with van der Waals surface area (Å²) in [6.07, 6.45) is 3.50. The quantitative estimate of drug-likeness (QED) is 0.219. The van der Waals surface area contributed by atoms with Crippen molar-refractivity contribution < 1.29 is 52.1 Å². The molecule has 0 aliphatic carbocycles. The highest BCUT2D eigenvalue weighted by molar-refractivity contribution is 7.86. The molecule has 2 rings (SSSR count). The third kappa shape index (κ3) is 8.55.